The Hall–Kier alpha value is -1.65. The number of hydrogen-bond acceptors (Lipinski definition) is 5. The van der Waals surface area contributed by atoms with E-state index in [1.165, 1.54) is 5.01 Å². The maximum Gasteiger partial charge on any atom is 0.171 e. The second kappa shape index (κ2) is 2.96. The molecular formula is C6H9N5. The Kier molecular flexibility index (Phi) is 2.00. The summed E-state index contributed by atoms with van der Waals surface area (Å²) < 4.78 is 0. The fraction of sp³-hybridized carbons (Fsp3) is 0.167. The molecule has 11 heavy (non-hydrogen) atoms. The molecule has 0 saturated heterocycles. The van der Waals surface area contributed by atoms with E-state index in [0.29, 0.717) is 11.6 Å². The lowest BCUT2D eigenvalue weighted by Crippen LogP contribution is -2.10. The monoisotopic (exact) mass is 151 g/mol. The summed E-state index contributed by atoms with van der Waals surface area (Å²) in [6.45, 7) is 3.34. The molecule has 1 heterocycles. The van der Waals surface area contributed by atoms with Gasteiger partial charge in [-0.05, 0) is 12.1 Å². The molecule has 0 saturated carbocycles. The van der Waals surface area contributed by atoms with Gasteiger partial charge in [0.15, 0.2) is 5.82 Å². The Labute approximate surface area is 64.5 Å². The molecule has 5 nitrogen and oxygen atoms in total. The largest absolute Gasteiger partial charge is 0.382 e. The molecule has 5 heteroatoms. The third-order valence-corrected chi connectivity index (χ3v) is 1.21. The standard InChI is InChI=1S/C6H9N5/c1-8-11(2)6-4-3-5(7)9-10-6/h3-4H,1H2,2H3,(H2,7,9). The lowest BCUT2D eigenvalue weighted by Gasteiger charge is -2.08. The Balaban J connectivity index is 2.89. The van der Waals surface area contributed by atoms with E-state index in [1.807, 2.05) is 0 Å². The minimum Gasteiger partial charge on any atom is -0.382 e. The highest BCUT2D eigenvalue weighted by Gasteiger charge is 1.97. The summed E-state index contributed by atoms with van der Waals surface area (Å²) in [5, 5.41) is 12.5. The molecule has 0 aromatic carbocycles. The number of anilines is 2. The Morgan fingerprint density at radius 2 is 2.27 bits per heavy atom. The Morgan fingerprint density at radius 3 is 2.73 bits per heavy atom. The number of aromatic nitrogens is 2. The minimum absolute atomic E-state index is 0.395. The van der Waals surface area contributed by atoms with Crippen LogP contribution in [0, 0.1) is 0 Å². The number of nitrogens with two attached hydrogens (primary N) is 1. The molecule has 0 fully saturated rings. The van der Waals surface area contributed by atoms with Crippen molar-refractivity contribution in [1.29, 1.82) is 0 Å². The first-order valence-electron chi connectivity index (χ1n) is 3.03. The zero-order valence-electron chi connectivity index (χ0n) is 6.23. The van der Waals surface area contributed by atoms with Gasteiger partial charge in [0, 0.05) is 13.8 Å². The lowest BCUT2D eigenvalue weighted by atomic mass is 10.5. The summed E-state index contributed by atoms with van der Waals surface area (Å²) in [5.41, 5.74) is 5.33. The van der Waals surface area contributed by atoms with E-state index < -0.39 is 0 Å². The molecule has 0 spiro atoms. The molecular weight excluding hydrogens is 142 g/mol. The second-order valence-electron chi connectivity index (χ2n) is 1.98. The van der Waals surface area contributed by atoms with E-state index in [2.05, 4.69) is 22.0 Å². The molecule has 0 radical (unpaired) electrons. The zero-order valence-corrected chi connectivity index (χ0v) is 6.23. The third-order valence-electron chi connectivity index (χ3n) is 1.21. The smallest absolute Gasteiger partial charge is 0.171 e. The van der Waals surface area contributed by atoms with Crippen molar-refractivity contribution in [3.05, 3.63) is 12.1 Å². The van der Waals surface area contributed by atoms with Crippen LogP contribution in [0.4, 0.5) is 11.6 Å². The second-order valence-corrected chi connectivity index (χ2v) is 1.98. The van der Waals surface area contributed by atoms with Crippen LogP contribution >= 0.6 is 0 Å². The molecule has 2 N–H and O–H groups in total. The average molecular weight is 151 g/mol. The number of rotatable bonds is 2. The lowest BCUT2D eigenvalue weighted by molar-refractivity contribution is 0.929. The van der Waals surface area contributed by atoms with Gasteiger partial charge in [0.1, 0.15) is 5.82 Å². The van der Waals surface area contributed by atoms with Crippen LogP contribution in [0.1, 0.15) is 0 Å². The first-order valence-corrected chi connectivity index (χ1v) is 3.03. The summed E-state index contributed by atoms with van der Waals surface area (Å²) >= 11 is 0. The van der Waals surface area contributed by atoms with Crippen molar-refractivity contribution in [3.8, 4) is 0 Å². The van der Waals surface area contributed by atoms with Crippen LogP contribution in [0.25, 0.3) is 0 Å². The fourth-order valence-electron chi connectivity index (χ4n) is 0.581. The van der Waals surface area contributed by atoms with Crippen molar-refractivity contribution in [1.82, 2.24) is 10.2 Å². The summed E-state index contributed by atoms with van der Waals surface area (Å²) in [5.74, 6) is 1.01. The topological polar surface area (TPSA) is 67.4 Å². The van der Waals surface area contributed by atoms with Gasteiger partial charge in [-0.1, -0.05) is 0 Å². The van der Waals surface area contributed by atoms with Gasteiger partial charge in [0.25, 0.3) is 0 Å². The van der Waals surface area contributed by atoms with Crippen LogP contribution in [0.5, 0.6) is 0 Å². The van der Waals surface area contributed by atoms with E-state index in [0.717, 1.165) is 0 Å². The molecule has 0 atom stereocenters. The highest BCUT2D eigenvalue weighted by molar-refractivity contribution is 5.42. The summed E-state index contributed by atoms with van der Waals surface area (Å²) in [6.07, 6.45) is 0. The normalized spacial score (nSPS) is 9.18. The number of nitrogen functional groups attached to an aromatic ring is 1. The number of nitrogens with zero attached hydrogens (tertiary/aromatic N) is 4. The zero-order chi connectivity index (χ0) is 8.27. The van der Waals surface area contributed by atoms with Gasteiger partial charge >= 0.3 is 0 Å². The van der Waals surface area contributed by atoms with Gasteiger partial charge in [-0.3, -0.25) is 5.01 Å². The van der Waals surface area contributed by atoms with Gasteiger partial charge in [0.05, 0.1) is 0 Å². The first-order chi connectivity index (χ1) is 5.24. The molecule has 0 unspecified atom stereocenters. The van der Waals surface area contributed by atoms with Crippen molar-refractivity contribution >= 4 is 18.4 Å². The highest BCUT2D eigenvalue weighted by Crippen LogP contribution is 2.06. The maximum absolute atomic E-state index is 5.33. The van der Waals surface area contributed by atoms with Gasteiger partial charge in [-0.2, -0.15) is 5.10 Å². The van der Waals surface area contributed by atoms with E-state index in [-0.39, 0.29) is 0 Å². The van der Waals surface area contributed by atoms with Crippen LogP contribution in [-0.4, -0.2) is 24.0 Å². The van der Waals surface area contributed by atoms with E-state index in [9.17, 15) is 0 Å². The van der Waals surface area contributed by atoms with Crippen molar-refractivity contribution in [2.45, 2.75) is 0 Å². The predicted octanol–water partition coefficient (Wildman–Crippen LogP) is 0.111. The number of hydrogen-bond donors (Lipinski definition) is 1. The van der Waals surface area contributed by atoms with Gasteiger partial charge in [-0.25, -0.2) is 0 Å². The quantitative estimate of drug-likeness (QED) is 0.481. The first kappa shape index (κ1) is 7.46. The van der Waals surface area contributed by atoms with Gasteiger partial charge in [0.2, 0.25) is 0 Å². The molecule has 0 bridgehead atoms. The molecule has 58 valence electrons. The van der Waals surface area contributed by atoms with Crippen molar-refractivity contribution in [3.63, 3.8) is 0 Å². The average Bonchev–Trinajstić information content (AvgIpc) is 2.05. The van der Waals surface area contributed by atoms with Crippen molar-refractivity contribution in [2.75, 3.05) is 17.8 Å². The van der Waals surface area contributed by atoms with Gasteiger partial charge in [-0.15, -0.1) is 10.2 Å². The van der Waals surface area contributed by atoms with Crippen molar-refractivity contribution < 1.29 is 0 Å². The van der Waals surface area contributed by atoms with Gasteiger partial charge < -0.3 is 5.73 Å². The summed E-state index contributed by atoms with van der Waals surface area (Å²) in [7, 11) is 1.73. The highest BCUT2D eigenvalue weighted by atomic mass is 15.5. The van der Waals surface area contributed by atoms with Crippen molar-refractivity contribution in [2.24, 2.45) is 5.10 Å². The van der Waals surface area contributed by atoms with Crippen LogP contribution in [0.2, 0.25) is 0 Å². The maximum atomic E-state index is 5.33. The van der Waals surface area contributed by atoms with E-state index in [1.54, 1.807) is 19.2 Å². The van der Waals surface area contributed by atoms with E-state index >= 15 is 0 Å². The van der Waals surface area contributed by atoms with Crippen LogP contribution in [0.15, 0.2) is 17.2 Å². The SMILES string of the molecule is C=NN(C)c1ccc(N)nn1. The summed E-state index contributed by atoms with van der Waals surface area (Å²) in [6, 6.07) is 3.38. The van der Waals surface area contributed by atoms with Crippen LogP contribution in [-0.2, 0) is 0 Å². The minimum atomic E-state index is 0.395. The van der Waals surface area contributed by atoms with Crippen LogP contribution < -0.4 is 10.7 Å². The molecule has 1 aromatic heterocycles. The molecule has 0 amide bonds. The Morgan fingerprint density at radius 1 is 1.55 bits per heavy atom. The summed E-state index contributed by atoms with van der Waals surface area (Å²) in [4.78, 5) is 0. The Bertz CT molecular complexity index is 242. The molecule has 0 aliphatic rings. The number of hydrazone groups is 1. The fourth-order valence-corrected chi connectivity index (χ4v) is 0.581. The van der Waals surface area contributed by atoms with E-state index in [4.69, 9.17) is 5.73 Å². The molecule has 1 aromatic rings. The predicted molar refractivity (Wildman–Crippen MR) is 44.4 cm³/mol. The van der Waals surface area contributed by atoms with Crippen LogP contribution in [0.3, 0.4) is 0 Å². The molecule has 1 rings (SSSR count). The third kappa shape index (κ3) is 1.64. The molecule has 0 aliphatic heterocycles. The molecule has 0 aliphatic carbocycles.